The lowest BCUT2D eigenvalue weighted by Crippen LogP contribution is -2.31. The van der Waals surface area contributed by atoms with E-state index in [9.17, 15) is 0 Å². The van der Waals surface area contributed by atoms with Gasteiger partial charge in [0.25, 0.3) is 0 Å². The zero-order valence-electron chi connectivity index (χ0n) is 15.1. The summed E-state index contributed by atoms with van der Waals surface area (Å²) in [5.74, 6) is -0.399. The van der Waals surface area contributed by atoms with E-state index < -0.39 is 12.0 Å². The Morgan fingerprint density at radius 1 is 1.07 bits per heavy atom. The van der Waals surface area contributed by atoms with Crippen molar-refractivity contribution in [3.8, 4) is 11.1 Å². The largest absolute Gasteiger partial charge is 0.284 e. The molecular formula is C21H17FN6. The molecule has 0 amide bonds. The highest BCUT2D eigenvalue weighted by Gasteiger charge is 2.19. The molecule has 0 fully saturated rings. The smallest absolute Gasteiger partial charge is 0.184 e. The molecule has 0 bridgehead atoms. The summed E-state index contributed by atoms with van der Waals surface area (Å²) in [4.78, 5) is 8.55. The fourth-order valence-electron chi connectivity index (χ4n) is 2.96. The van der Waals surface area contributed by atoms with E-state index in [2.05, 4.69) is 15.1 Å². The number of pyridine rings is 2. The predicted molar refractivity (Wildman–Crippen MR) is 105 cm³/mol. The Morgan fingerprint density at radius 3 is 2.71 bits per heavy atom. The maximum Gasteiger partial charge on any atom is 0.184 e. The van der Waals surface area contributed by atoms with E-state index in [1.165, 1.54) is 6.07 Å². The third kappa shape index (κ3) is 3.29. The lowest BCUT2D eigenvalue weighted by Gasteiger charge is -2.13. The number of hydrogen-bond acceptors (Lipinski definition) is 5. The van der Waals surface area contributed by atoms with Crippen molar-refractivity contribution in [1.82, 2.24) is 19.7 Å². The van der Waals surface area contributed by atoms with Crippen molar-refractivity contribution in [3.05, 3.63) is 83.9 Å². The summed E-state index contributed by atoms with van der Waals surface area (Å²) in [6.45, 7) is 1.73. The fourth-order valence-corrected chi connectivity index (χ4v) is 2.96. The quantitative estimate of drug-likeness (QED) is 0.423. The number of rotatable bonds is 3. The summed E-state index contributed by atoms with van der Waals surface area (Å²) >= 11 is 0. The highest BCUT2D eigenvalue weighted by molar-refractivity contribution is 5.89. The molecule has 6 nitrogen and oxygen atoms in total. The highest BCUT2D eigenvalue weighted by Crippen LogP contribution is 2.26. The zero-order valence-corrected chi connectivity index (χ0v) is 15.1. The first-order valence-corrected chi connectivity index (χ1v) is 8.67. The first-order chi connectivity index (χ1) is 13.5. The minimum absolute atomic E-state index is 0.0421. The van der Waals surface area contributed by atoms with Crippen LogP contribution in [0.4, 0.5) is 4.39 Å². The molecule has 3 heterocycles. The van der Waals surface area contributed by atoms with Crippen molar-refractivity contribution >= 4 is 16.7 Å². The van der Waals surface area contributed by atoms with Crippen molar-refractivity contribution in [2.75, 3.05) is 0 Å². The third-order valence-corrected chi connectivity index (χ3v) is 4.43. The molecule has 2 N–H and O–H groups in total. The van der Waals surface area contributed by atoms with Crippen molar-refractivity contribution in [2.45, 2.75) is 13.1 Å². The lowest BCUT2D eigenvalue weighted by atomic mass is 10.0. The summed E-state index contributed by atoms with van der Waals surface area (Å²) < 4.78 is 16.1. The molecular weight excluding hydrogens is 355 g/mol. The van der Waals surface area contributed by atoms with Crippen LogP contribution in [0.25, 0.3) is 22.0 Å². The second-order valence-electron chi connectivity index (χ2n) is 6.44. The minimum Gasteiger partial charge on any atom is -0.284 e. The average molecular weight is 372 g/mol. The molecule has 7 heteroatoms. The van der Waals surface area contributed by atoms with E-state index >= 15 is 4.39 Å². The molecule has 0 saturated heterocycles. The van der Waals surface area contributed by atoms with Crippen molar-refractivity contribution < 1.29 is 4.39 Å². The first-order valence-electron chi connectivity index (χ1n) is 8.67. The standard InChI is InChI=1S/C21H17FN6/c1-13-4-7-19(23)28(27-13)21(24)20(22)14-5-6-18-16(9-14)10-17(12-26-18)15-3-2-8-25-11-15/h2-12,20,23-24H,1H3. The SMILES string of the molecule is Cc1ccc(=N)n(C(=N)C(F)c2ccc3ncc(-c4cccnc4)cc3c2)n1. The van der Waals surface area contributed by atoms with Gasteiger partial charge in [-0.1, -0.05) is 12.1 Å². The Balaban J connectivity index is 1.73. The van der Waals surface area contributed by atoms with E-state index in [1.54, 1.807) is 49.8 Å². The second-order valence-corrected chi connectivity index (χ2v) is 6.44. The van der Waals surface area contributed by atoms with Crippen LogP contribution in [-0.2, 0) is 0 Å². The number of hydrogen-bond donors (Lipinski definition) is 2. The van der Waals surface area contributed by atoms with Gasteiger partial charge in [-0.05, 0) is 48.9 Å². The molecule has 0 aliphatic rings. The van der Waals surface area contributed by atoms with E-state index in [0.29, 0.717) is 11.3 Å². The van der Waals surface area contributed by atoms with Gasteiger partial charge in [-0.15, -0.1) is 0 Å². The van der Waals surface area contributed by atoms with Gasteiger partial charge in [-0.25, -0.2) is 4.39 Å². The van der Waals surface area contributed by atoms with Crippen molar-refractivity contribution in [2.24, 2.45) is 0 Å². The Bertz CT molecular complexity index is 1230. The van der Waals surface area contributed by atoms with Crippen molar-refractivity contribution in [1.29, 1.82) is 10.8 Å². The van der Waals surface area contributed by atoms with Gasteiger partial charge in [0.1, 0.15) is 5.49 Å². The van der Waals surface area contributed by atoms with Crippen molar-refractivity contribution in [3.63, 3.8) is 0 Å². The number of aromatic nitrogens is 4. The molecule has 138 valence electrons. The lowest BCUT2D eigenvalue weighted by molar-refractivity contribution is 0.424. The van der Waals surface area contributed by atoms with Gasteiger partial charge in [0, 0.05) is 35.1 Å². The molecule has 0 aliphatic carbocycles. The number of fused-ring (bicyclic) bond motifs is 1. The molecule has 1 unspecified atom stereocenters. The minimum atomic E-state index is -1.71. The Morgan fingerprint density at radius 2 is 1.93 bits per heavy atom. The molecule has 1 aromatic carbocycles. The van der Waals surface area contributed by atoms with Gasteiger partial charge >= 0.3 is 0 Å². The molecule has 4 rings (SSSR count). The monoisotopic (exact) mass is 372 g/mol. The molecule has 0 saturated carbocycles. The third-order valence-electron chi connectivity index (χ3n) is 4.43. The maximum atomic E-state index is 15.1. The van der Waals surface area contributed by atoms with E-state index in [-0.39, 0.29) is 5.49 Å². The fraction of sp³-hybridized carbons (Fsp3) is 0.0952. The summed E-state index contributed by atoms with van der Waals surface area (Å²) in [7, 11) is 0. The van der Waals surface area contributed by atoms with Crippen LogP contribution >= 0.6 is 0 Å². The summed E-state index contributed by atoms with van der Waals surface area (Å²) in [5.41, 5.74) is 3.42. The number of nitrogens with zero attached hydrogens (tertiary/aromatic N) is 4. The van der Waals surface area contributed by atoms with Crippen LogP contribution in [0.3, 0.4) is 0 Å². The molecule has 3 aromatic heterocycles. The molecule has 4 aromatic rings. The van der Waals surface area contributed by atoms with Crippen LogP contribution in [-0.4, -0.2) is 25.6 Å². The molecule has 1 atom stereocenters. The van der Waals surface area contributed by atoms with Crippen LogP contribution < -0.4 is 5.49 Å². The first kappa shape index (κ1) is 17.7. The number of nitrogens with one attached hydrogen (secondary N) is 2. The molecule has 0 spiro atoms. The van der Waals surface area contributed by atoms with Crippen LogP contribution in [0.2, 0.25) is 0 Å². The van der Waals surface area contributed by atoms with Gasteiger partial charge in [-0.3, -0.25) is 20.8 Å². The number of aryl methyl sites for hydroxylation is 1. The van der Waals surface area contributed by atoms with E-state index in [0.717, 1.165) is 26.7 Å². The van der Waals surface area contributed by atoms with Crippen LogP contribution in [0.15, 0.2) is 67.1 Å². The van der Waals surface area contributed by atoms with Crippen LogP contribution in [0, 0.1) is 17.7 Å². The van der Waals surface area contributed by atoms with E-state index in [1.807, 2.05) is 18.2 Å². The van der Waals surface area contributed by atoms with Gasteiger partial charge in [0.15, 0.2) is 12.0 Å². The summed E-state index contributed by atoms with van der Waals surface area (Å²) in [6, 6.07) is 13.9. The number of alkyl halides is 1. The predicted octanol–water partition coefficient (Wildman–Crippen LogP) is 3.82. The average Bonchev–Trinajstić information content (AvgIpc) is 2.74. The van der Waals surface area contributed by atoms with Crippen LogP contribution in [0.5, 0.6) is 0 Å². The van der Waals surface area contributed by atoms with E-state index in [4.69, 9.17) is 10.8 Å². The topological polar surface area (TPSA) is 91.3 Å². The normalized spacial score (nSPS) is 12.1. The Hall–Kier alpha value is -3.74. The van der Waals surface area contributed by atoms with Crippen LogP contribution in [0.1, 0.15) is 17.4 Å². The number of benzene rings is 1. The molecule has 0 radical (unpaired) electrons. The molecule has 0 aliphatic heterocycles. The second kappa shape index (κ2) is 7.11. The maximum absolute atomic E-state index is 15.1. The summed E-state index contributed by atoms with van der Waals surface area (Å²) in [6.07, 6.45) is 3.49. The van der Waals surface area contributed by atoms with Gasteiger partial charge < -0.3 is 0 Å². The Kier molecular flexibility index (Phi) is 4.49. The van der Waals surface area contributed by atoms with Gasteiger partial charge in [0.2, 0.25) is 0 Å². The highest BCUT2D eigenvalue weighted by atomic mass is 19.1. The number of halogens is 1. The zero-order chi connectivity index (χ0) is 19.7. The summed E-state index contributed by atoms with van der Waals surface area (Å²) in [5, 5.41) is 20.9. The van der Waals surface area contributed by atoms with Gasteiger partial charge in [-0.2, -0.15) is 9.78 Å². The Labute approximate surface area is 160 Å². The molecule has 28 heavy (non-hydrogen) atoms. The van der Waals surface area contributed by atoms with Gasteiger partial charge in [0.05, 0.1) is 11.2 Å².